The van der Waals surface area contributed by atoms with Crippen LogP contribution >= 0.6 is 11.6 Å². The zero-order valence-corrected chi connectivity index (χ0v) is 12.8. The van der Waals surface area contributed by atoms with E-state index < -0.39 is 15.6 Å². The summed E-state index contributed by atoms with van der Waals surface area (Å²) in [6.45, 7) is 0. The van der Waals surface area contributed by atoms with Crippen molar-refractivity contribution in [2.75, 3.05) is 7.05 Å². The Kier molecular flexibility index (Phi) is 4.33. The van der Waals surface area contributed by atoms with Crippen LogP contribution in [0.4, 0.5) is 0 Å². The van der Waals surface area contributed by atoms with Crippen LogP contribution in [0.2, 0.25) is 5.15 Å². The van der Waals surface area contributed by atoms with Crippen LogP contribution in [0.1, 0.15) is 32.1 Å². The van der Waals surface area contributed by atoms with Crippen LogP contribution in [0.15, 0.2) is 23.2 Å². The van der Waals surface area contributed by atoms with Gasteiger partial charge >= 0.3 is 0 Å². The molecule has 0 aliphatic heterocycles. The first-order chi connectivity index (χ1) is 9.42. The van der Waals surface area contributed by atoms with Crippen molar-refractivity contribution in [2.24, 2.45) is 0 Å². The Labute approximate surface area is 124 Å². The standard InChI is InChI=1S/C13H16ClN3O2S/c1-17(13(10-15)7-3-2-4-8-13)20(18,19)11-5-6-12(14)16-9-11/h5-6,9H,2-4,7-8H2,1H3. The number of nitrogens with zero attached hydrogens (tertiary/aromatic N) is 3. The SMILES string of the molecule is CN(C1(C#N)CCCCC1)S(=O)(=O)c1ccc(Cl)nc1. The summed E-state index contributed by atoms with van der Waals surface area (Å²) in [6.07, 6.45) is 5.14. The molecule has 0 atom stereocenters. The van der Waals surface area contributed by atoms with Crippen molar-refractivity contribution in [3.05, 3.63) is 23.5 Å². The van der Waals surface area contributed by atoms with Gasteiger partial charge in [0.2, 0.25) is 10.0 Å². The maximum Gasteiger partial charge on any atom is 0.245 e. The zero-order valence-electron chi connectivity index (χ0n) is 11.2. The minimum atomic E-state index is -3.74. The van der Waals surface area contributed by atoms with E-state index in [1.54, 1.807) is 0 Å². The van der Waals surface area contributed by atoms with Crippen LogP contribution in [0.25, 0.3) is 0 Å². The Morgan fingerprint density at radius 2 is 2.00 bits per heavy atom. The fraction of sp³-hybridized carbons (Fsp3) is 0.538. The molecule has 1 aromatic heterocycles. The molecule has 0 unspecified atom stereocenters. The second-order valence-electron chi connectivity index (χ2n) is 4.99. The Bertz CT molecular complexity index is 616. The summed E-state index contributed by atoms with van der Waals surface area (Å²) in [5.74, 6) is 0. The van der Waals surface area contributed by atoms with Gasteiger partial charge in [-0.15, -0.1) is 0 Å². The van der Waals surface area contributed by atoms with Crippen LogP contribution < -0.4 is 0 Å². The lowest BCUT2D eigenvalue weighted by atomic mass is 9.83. The van der Waals surface area contributed by atoms with Crippen molar-refractivity contribution >= 4 is 21.6 Å². The summed E-state index contributed by atoms with van der Waals surface area (Å²) >= 11 is 5.67. The molecule has 0 spiro atoms. The summed E-state index contributed by atoms with van der Waals surface area (Å²) in [6, 6.07) is 5.05. The fourth-order valence-electron chi connectivity index (χ4n) is 2.54. The first kappa shape index (κ1) is 15.2. The number of hydrogen-bond acceptors (Lipinski definition) is 4. The van der Waals surface area contributed by atoms with Crippen LogP contribution in [0.3, 0.4) is 0 Å². The molecule has 0 radical (unpaired) electrons. The van der Waals surface area contributed by atoms with Gasteiger partial charge in [0.05, 0.1) is 6.07 Å². The van der Waals surface area contributed by atoms with E-state index >= 15 is 0 Å². The lowest BCUT2D eigenvalue weighted by Gasteiger charge is -2.37. The number of rotatable bonds is 3. The fourth-order valence-corrected chi connectivity index (χ4v) is 4.07. The van der Waals surface area contributed by atoms with Crippen molar-refractivity contribution in [1.29, 1.82) is 5.26 Å². The Morgan fingerprint density at radius 3 is 2.50 bits per heavy atom. The van der Waals surface area contributed by atoms with E-state index in [1.165, 1.54) is 29.7 Å². The van der Waals surface area contributed by atoms with E-state index in [2.05, 4.69) is 11.1 Å². The van der Waals surface area contributed by atoms with E-state index in [9.17, 15) is 13.7 Å². The van der Waals surface area contributed by atoms with Gasteiger partial charge in [0.15, 0.2) is 0 Å². The van der Waals surface area contributed by atoms with Crippen LogP contribution in [-0.2, 0) is 10.0 Å². The van der Waals surface area contributed by atoms with Crippen molar-refractivity contribution in [3.8, 4) is 6.07 Å². The predicted octanol–water partition coefficient (Wildman–Crippen LogP) is 2.58. The molecule has 0 saturated heterocycles. The summed E-state index contributed by atoms with van der Waals surface area (Å²) in [4.78, 5) is 3.86. The average Bonchev–Trinajstić information content (AvgIpc) is 2.47. The van der Waals surface area contributed by atoms with Gasteiger partial charge < -0.3 is 0 Å². The van der Waals surface area contributed by atoms with Gasteiger partial charge in [0.25, 0.3) is 0 Å². The number of nitriles is 1. The second-order valence-corrected chi connectivity index (χ2v) is 7.35. The predicted molar refractivity (Wildman–Crippen MR) is 75.6 cm³/mol. The highest BCUT2D eigenvalue weighted by atomic mass is 35.5. The topological polar surface area (TPSA) is 74.1 Å². The Balaban J connectivity index is 2.38. The van der Waals surface area contributed by atoms with E-state index in [-0.39, 0.29) is 10.0 Å². The molecule has 0 N–H and O–H groups in total. The lowest BCUT2D eigenvalue weighted by molar-refractivity contribution is 0.212. The summed E-state index contributed by atoms with van der Waals surface area (Å²) in [5, 5.41) is 9.71. The van der Waals surface area contributed by atoms with E-state index in [0.29, 0.717) is 12.8 Å². The van der Waals surface area contributed by atoms with Crippen molar-refractivity contribution in [1.82, 2.24) is 9.29 Å². The van der Waals surface area contributed by atoms with E-state index in [0.717, 1.165) is 19.3 Å². The number of pyridine rings is 1. The van der Waals surface area contributed by atoms with E-state index in [1.807, 2.05) is 0 Å². The molecule has 5 nitrogen and oxygen atoms in total. The molecule has 0 amide bonds. The van der Waals surface area contributed by atoms with Gasteiger partial charge in [-0.05, 0) is 25.0 Å². The molecular formula is C13H16ClN3O2S. The quantitative estimate of drug-likeness (QED) is 0.804. The average molecular weight is 314 g/mol. The molecule has 0 bridgehead atoms. The summed E-state index contributed by atoms with van der Waals surface area (Å²) in [7, 11) is -2.27. The minimum absolute atomic E-state index is 0.0598. The molecule has 1 heterocycles. The lowest BCUT2D eigenvalue weighted by Crippen LogP contribution is -2.49. The van der Waals surface area contributed by atoms with Gasteiger partial charge in [-0.1, -0.05) is 30.9 Å². The molecular weight excluding hydrogens is 298 g/mol. The van der Waals surface area contributed by atoms with Crippen LogP contribution in [0.5, 0.6) is 0 Å². The summed E-state index contributed by atoms with van der Waals surface area (Å²) < 4.78 is 26.4. The molecule has 1 aromatic rings. The molecule has 1 aliphatic carbocycles. The monoisotopic (exact) mass is 313 g/mol. The third-order valence-corrected chi connectivity index (χ3v) is 5.98. The first-order valence-corrected chi connectivity index (χ1v) is 8.26. The van der Waals surface area contributed by atoms with Crippen molar-refractivity contribution in [2.45, 2.75) is 42.5 Å². The zero-order chi connectivity index (χ0) is 14.8. The number of halogens is 1. The molecule has 1 fully saturated rings. The summed E-state index contributed by atoms with van der Waals surface area (Å²) in [5.41, 5.74) is -0.948. The number of hydrogen-bond donors (Lipinski definition) is 0. The maximum atomic E-state index is 12.6. The normalized spacial score (nSPS) is 18.7. The molecule has 108 valence electrons. The minimum Gasteiger partial charge on any atom is -0.243 e. The van der Waals surface area contributed by atoms with Gasteiger partial charge in [0, 0.05) is 13.2 Å². The Morgan fingerprint density at radius 1 is 1.35 bits per heavy atom. The highest BCUT2D eigenvalue weighted by Crippen LogP contribution is 2.35. The third-order valence-electron chi connectivity index (χ3n) is 3.85. The number of aromatic nitrogens is 1. The largest absolute Gasteiger partial charge is 0.245 e. The van der Waals surface area contributed by atoms with E-state index in [4.69, 9.17) is 11.6 Å². The highest BCUT2D eigenvalue weighted by Gasteiger charge is 2.42. The highest BCUT2D eigenvalue weighted by molar-refractivity contribution is 7.89. The number of sulfonamides is 1. The third kappa shape index (κ3) is 2.66. The van der Waals surface area contributed by atoms with Crippen LogP contribution in [0, 0.1) is 11.3 Å². The molecule has 1 saturated carbocycles. The Hall–Kier alpha value is -1.16. The van der Waals surface area contributed by atoms with Gasteiger partial charge in [-0.25, -0.2) is 13.4 Å². The van der Waals surface area contributed by atoms with Crippen LogP contribution in [-0.4, -0.2) is 30.3 Å². The van der Waals surface area contributed by atoms with Gasteiger partial charge in [0.1, 0.15) is 15.6 Å². The molecule has 7 heteroatoms. The smallest absolute Gasteiger partial charge is 0.243 e. The molecule has 2 rings (SSSR count). The van der Waals surface area contributed by atoms with Gasteiger partial charge in [-0.3, -0.25) is 0 Å². The second kappa shape index (κ2) is 5.68. The molecule has 0 aromatic carbocycles. The van der Waals surface area contributed by atoms with Crippen molar-refractivity contribution in [3.63, 3.8) is 0 Å². The molecule has 20 heavy (non-hydrogen) atoms. The van der Waals surface area contributed by atoms with Gasteiger partial charge in [-0.2, -0.15) is 9.57 Å². The first-order valence-electron chi connectivity index (χ1n) is 6.44. The van der Waals surface area contributed by atoms with Crippen molar-refractivity contribution < 1.29 is 8.42 Å². The molecule has 1 aliphatic rings. The maximum absolute atomic E-state index is 12.6.